The number of hydrogen-bond donors (Lipinski definition) is 3. The van der Waals surface area contributed by atoms with Crippen LogP contribution in [0.15, 0.2) is 41.6 Å². The number of likely N-dealkylation sites (tertiary alicyclic amines) is 1. The minimum atomic E-state index is -1.69. The highest BCUT2D eigenvalue weighted by atomic mass is 16.2. The van der Waals surface area contributed by atoms with Crippen LogP contribution in [0.25, 0.3) is 10.9 Å². The zero-order chi connectivity index (χ0) is 29.8. The third-order valence-electron chi connectivity index (χ3n) is 9.87. The van der Waals surface area contributed by atoms with Crippen molar-refractivity contribution in [1.29, 1.82) is 0 Å². The lowest BCUT2D eigenvalue weighted by atomic mass is 9.59. The zero-order valence-electron chi connectivity index (χ0n) is 24.5. The third kappa shape index (κ3) is 4.34. The summed E-state index contributed by atoms with van der Waals surface area (Å²) in [5.74, 6) is -3.33. The maximum Gasteiger partial charge on any atom is 0.325 e. The molecule has 0 bridgehead atoms. The second-order valence-electron chi connectivity index (χ2n) is 12.2. The van der Waals surface area contributed by atoms with Crippen molar-refractivity contribution in [2.75, 3.05) is 19.6 Å². The first-order chi connectivity index (χ1) is 20.2. The fourth-order valence-corrected chi connectivity index (χ4v) is 7.52. The normalized spacial score (nSPS) is 27.4. The fraction of sp³-hybridized carbons (Fsp3) is 0.531. The first-order valence-corrected chi connectivity index (χ1v) is 15.2. The molecule has 10 nitrogen and oxygen atoms in total. The van der Waals surface area contributed by atoms with Gasteiger partial charge in [-0.1, -0.05) is 30.7 Å². The van der Waals surface area contributed by atoms with Crippen LogP contribution in [0.1, 0.15) is 58.4 Å². The van der Waals surface area contributed by atoms with Crippen LogP contribution in [-0.2, 0) is 25.6 Å². The maximum atomic E-state index is 14.4. The summed E-state index contributed by atoms with van der Waals surface area (Å²) in [6, 6.07) is 7.29. The van der Waals surface area contributed by atoms with E-state index in [1.54, 1.807) is 13.8 Å². The summed E-state index contributed by atoms with van der Waals surface area (Å²) in [7, 11) is 0. The summed E-state index contributed by atoms with van der Waals surface area (Å²) in [5.41, 5.74) is 1.56. The largest absolute Gasteiger partial charge is 0.361 e. The number of nitrogens with zero attached hydrogens (tertiary/aromatic N) is 2. The molecule has 3 heterocycles. The minimum absolute atomic E-state index is 0.228. The van der Waals surface area contributed by atoms with E-state index in [0.717, 1.165) is 39.8 Å². The summed E-state index contributed by atoms with van der Waals surface area (Å²) < 4.78 is 0. The summed E-state index contributed by atoms with van der Waals surface area (Å²) in [6.45, 7) is 6.17. The molecule has 2 saturated carbocycles. The van der Waals surface area contributed by atoms with E-state index in [9.17, 15) is 24.0 Å². The molecule has 6 amide bonds. The van der Waals surface area contributed by atoms with Gasteiger partial charge in [-0.25, -0.2) is 9.69 Å². The smallest absolute Gasteiger partial charge is 0.325 e. The number of amides is 6. The Morgan fingerprint density at radius 2 is 1.81 bits per heavy atom. The molecule has 222 valence electrons. The maximum absolute atomic E-state index is 14.4. The van der Waals surface area contributed by atoms with Gasteiger partial charge in [-0.05, 0) is 69.9 Å². The van der Waals surface area contributed by atoms with Crippen molar-refractivity contribution in [3.05, 3.63) is 47.2 Å². The molecule has 3 fully saturated rings. The van der Waals surface area contributed by atoms with E-state index in [2.05, 4.69) is 15.6 Å². The Labute approximate surface area is 245 Å². The van der Waals surface area contributed by atoms with E-state index >= 15 is 0 Å². The molecule has 0 radical (unpaired) electrons. The van der Waals surface area contributed by atoms with Gasteiger partial charge in [0.1, 0.15) is 5.54 Å². The molecular formula is C32H39N5O5. The van der Waals surface area contributed by atoms with Crippen LogP contribution >= 0.6 is 0 Å². The Morgan fingerprint density at radius 3 is 2.52 bits per heavy atom. The minimum Gasteiger partial charge on any atom is -0.361 e. The van der Waals surface area contributed by atoms with Crippen LogP contribution in [0.3, 0.4) is 0 Å². The van der Waals surface area contributed by atoms with Gasteiger partial charge in [0, 0.05) is 48.2 Å². The number of rotatable bonds is 8. The van der Waals surface area contributed by atoms with Crippen LogP contribution in [0.4, 0.5) is 4.79 Å². The number of carbonyl (C=O) groups excluding carboxylic acids is 5. The van der Waals surface area contributed by atoms with Gasteiger partial charge >= 0.3 is 6.03 Å². The van der Waals surface area contributed by atoms with Crippen molar-refractivity contribution in [2.45, 2.75) is 64.8 Å². The number of nitrogens with one attached hydrogen (secondary N) is 3. The Bertz CT molecular complexity index is 1510. The number of imide groups is 2. The fourth-order valence-electron chi connectivity index (χ4n) is 7.52. The first-order valence-electron chi connectivity index (χ1n) is 15.2. The van der Waals surface area contributed by atoms with Crippen molar-refractivity contribution in [3.8, 4) is 0 Å². The van der Waals surface area contributed by atoms with Gasteiger partial charge in [0.2, 0.25) is 17.7 Å². The Morgan fingerprint density at radius 1 is 1.05 bits per heavy atom. The SMILES string of the molecule is CCC1=C2CC[C@H]3C(=O)N(CC)C(=O)[C@H]3[C@H]2[C@@](C)(C(=O)NCCc2c[nH]c3ccccc23)N(C(=O)NCC2CC2)C1=O. The third-order valence-corrected chi connectivity index (χ3v) is 9.87. The summed E-state index contributed by atoms with van der Waals surface area (Å²) in [6.07, 6.45) is 5.73. The molecular weight excluding hydrogens is 534 g/mol. The number of carbonyl (C=O) groups is 5. The zero-order valence-corrected chi connectivity index (χ0v) is 24.5. The average Bonchev–Trinajstić information content (AvgIpc) is 3.68. The summed E-state index contributed by atoms with van der Waals surface area (Å²) in [5, 5.41) is 6.97. The lowest BCUT2D eigenvalue weighted by molar-refractivity contribution is -0.150. The number of aromatic nitrogens is 1. The standard InChI is InChI=1S/C32H39N5O5/c1-4-20-22-12-13-23-25(29(40)36(5-2)27(23)38)26(22)32(3,37(28(20)39)31(42)35-16-18-10-11-18)30(41)33-15-14-19-17-34-24-9-7-6-8-21(19)24/h6-9,17-18,23,25-26,34H,4-5,10-16H2,1-3H3,(H,33,41)(H,35,42)/t23-,25-,26+,32+/m1/s1. The molecule has 0 spiro atoms. The molecule has 2 aliphatic heterocycles. The summed E-state index contributed by atoms with van der Waals surface area (Å²) >= 11 is 0. The summed E-state index contributed by atoms with van der Waals surface area (Å²) in [4.78, 5) is 74.9. The Kier molecular flexibility index (Phi) is 7.19. The molecule has 2 aliphatic carbocycles. The first kappa shape index (κ1) is 28.2. The number of benzene rings is 1. The molecule has 42 heavy (non-hydrogen) atoms. The van der Waals surface area contributed by atoms with E-state index in [4.69, 9.17) is 0 Å². The number of fused-ring (bicyclic) bond motifs is 4. The van der Waals surface area contributed by atoms with E-state index in [1.165, 1.54) is 4.90 Å². The number of aromatic amines is 1. The predicted molar refractivity (Wildman–Crippen MR) is 156 cm³/mol. The molecule has 10 heteroatoms. The molecule has 6 rings (SSSR count). The lowest BCUT2D eigenvalue weighted by Gasteiger charge is -2.52. The van der Waals surface area contributed by atoms with Crippen LogP contribution in [-0.4, -0.2) is 69.6 Å². The van der Waals surface area contributed by atoms with Gasteiger partial charge in [0.15, 0.2) is 0 Å². The Hall–Kier alpha value is -3.95. The lowest BCUT2D eigenvalue weighted by Crippen LogP contribution is -2.71. The second-order valence-corrected chi connectivity index (χ2v) is 12.2. The molecule has 1 aromatic carbocycles. The van der Waals surface area contributed by atoms with Gasteiger partial charge in [-0.15, -0.1) is 0 Å². The molecule has 3 N–H and O–H groups in total. The van der Waals surface area contributed by atoms with Crippen LogP contribution in [0.5, 0.6) is 0 Å². The molecule has 2 aromatic rings. The highest BCUT2D eigenvalue weighted by molar-refractivity contribution is 6.12. The van der Waals surface area contributed by atoms with E-state index < -0.39 is 41.1 Å². The van der Waals surface area contributed by atoms with Crippen molar-refractivity contribution in [2.24, 2.45) is 23.7 Å². The van der Waals surface area contributed by atoms with Crippen LogP contribution in [0.2, 0.25) is 0 Å². The average molecular weight is 574 g/mol. The number of urea groups is 1. The topological polar surface area (TPSA) is 132 Å². The molecule has 4 atom stereocenters. The van der Waals surface area contributed by atoms with Gasteiger partial charge in [-0.2, -0.15) is 0 Å². The Balaban J connectivity index is 1.37. The second kappa shape index (κ2) is 10.7. The van der Waals surface area contributed by atoms with Crippen molar-refractivity contribution in [1.82, 2.24) is 25.4 Å². The number of hydrogen-bond acceptors (Lipinski definition) is 5. The van der Waals surface area contributed by atoms with E-state index in [0.29, 0.717) is 43.7 Å². The van der Waals surface area contributed by atoms with E-state index in [1.807, 2.05) is 37.4 Å². The van der Waals surface area contributed by atoms with Gasteiger partial charge in [0.25, 0.3) is 5.91 Å². The highest BCUT2D eigenvalue weighted by Crippen LogP contribution is 2.54. The number of para-hydroxylation sites is 1. The van der Waals surface area contributed by atoms with Gasteiger partial charge < -0.3 is 15.6 Å². The van der Waals surface area contributed by atoms with Crippen molar-refractivity contribution in [3.63, 3.8) is 0 Å². The highest BCUT2D eigenvalue weighted by Gasteiger charge is 2.65. The van der Waals surface area contributed by atoms with Crippen molar-refractivity contribution < 1.29 is 24.0 Å². The van der Waals surface area contributed by atoms with Gasteiger partial charge in [-0.3, -0.25) is 24.1 Å². The van der Waals surface area contributed by atoms with Gasteiger partial charge in [0.05, 0.1) is 11.8 Å². The molecule has 1 aromatic heterocycles. The van der Waals surface area contributed by atoms with E-state index in [-0.39, 0.29) is 24.9 Å². The molecule has 4 aliphatic rings. The number of H-pyrrole nitrogens is 1. The monoisotopic (exact) mass is 573 g/mol. The van der Waals surface area contributed by atoms with Crippen LogP contribution in [0, 0.1) is 23.7 Å². The van der Waals surface area contributed by atoms with Crippen LogP contribution < -0.4 is 10.6 Å². The molecule has 0 unspecified atom stereocenters. The molecule has 1 saturated heterocycles. The van der Waals surface area contributed by atoms with Crippen molar-refractivity contribution >= 4 is 40.6 Å². The predicted octanol–water partition coefficient (Wildman–Crippen LogP) is 3.28. The quantitative estimate of drug-likeness (QED) is 0.417.